The van der Waals surface area contributed by atoms with E-state index in [1.807, 2.05) is 10.0 Å². The highest BCUT2D eigenvalue weighted by molar-refractivity contribution is 6.32. The third-order valence-electron chi connectivity index (χ3n) is 10.9. The van der Waals surface area contributed by atoms with Gasteiger partial charge in [-0.1, -0.05) is 49.4 Å². The molecule has 6 aliphatic rings. The number of hydrogen-bond donors (Lipinski definition) is 13. The maximum Gasteiger partial charge on any atom is 0.490 e. The number of unbranched alkanes of at least 4 members (excludes halogenated alkanes) is 3. The molecule has 31 heteroatoms. The minimum absolute atomic E-state index is 0.000627. The van der Waals surface area contributed by atoms with Gasteiger partial charge in [0.2, 0.25) is 5.95 Å². The van der Waals surface area contributed by atoms with E-state index in [4.69, 9.17) is 71.0 Å². The number of halogens is 5. The molecule has 26 nitrogen and oxygen atoms in total. The molecule has 2 bridgehead atoms. The van der Waals surface area contributed by atoms with Gasteiger partial charge in [-0.05, 0) is 39.2 Å². The van der Waals surface area contributed by atoms with Crippen molar-refractivity contribution in [2.24, 2.45) is 32.9 Å². The zero-order valence-electron chi connectivity index (χ0n) is 36.5. The Morgan fingerprint density at radius 3 is 2.08 bits per heavy atom. The van der Waals surface area contributed by atoms with Gasteiger partial charge in [0.15, 0.2) is 28.2 Å². The highest BCUT2D eigenvalue weighted by atomic mass is 35.5. The second kappa shape index (κ2) is 24.1. The standard InChI is InChI=1S/C33H58Cl2N22O2.C2HF3O2/c1-3-4-5-6-11-41-33-49-29(19-7-12-54(13-8-19)56-21(28(39)58)25(36)46-27(38)23(56)34)48-30(50-33)20-9-14-55(15-10-20)57-22-26(37)47-31(24(57)35)42-16-43-52-45-18-53(32(22)59)17-44-51-40-2;3-2(4,5)1(6)7/h19-20,23-24,40,43-45,51-52H,3-18,36-37H2,1-2H3,(H2,38,46)(H2,39,58)(H,42,47)(H,41,48,49,50);(H,6,7). The molecule has 1 aromatic rings. The van der Waals surface area contributed by atoms with Gasteiger partial charge < -0.3 is 43.6 Å². The molecule has 368 valence electrons. The van der Waals surface area contributed by atoms with E-state index in [0.29, 0.717) is 75.3 Å². The summed E-state index contributed by atoms with van der Waals surface area (Å²) >= 11 is 13.7. The zero-order valence-corrected chi connectivity index (χ0v) is 38.0. The van der Waals surface area contributed by atoms with E-state index in [-0.39, 0.29) is 66.6 Å². The third-order valence-corrected chi connectivity index (χ3v) is 11.7. The number of alkyl halides is 5. The van der Waals surface area contributed by atoms with Gasteiger partial charge in [-0.2, -0.15) is 34.2 Å². The number of aliphatic imine (C=N–C) groups is 2. The molecule has 2 saturated heterocycles. The first-order chi connectivity index (χ1) is 31.5. The molecule has 0 aliphatic carbocycles. The molecule has 2 atom stereocenters. The maximum atomic E-state index is 14.2. The first-order valence-corrected chi connectivity index (χ1v) is 22.1. The summed E-state index contributed by atoms with van der Waals surface area (Å²) < 4.78 is 31.7. The number of aliphatic carboxylic acids is 1. The van der Waals surface area contributed by atoms with Crippen molar-refractivity contribution in [1.29, 1.82) is 0 Å². The molecule has 2 amide bonds. The van der Waals surface area contributed by atoms with Crippen LogP contribution in [-0.2, 0) is 14.4 Å². The molecule has 66 heavy (non-hydrogen) atoms. The fraction of sp³-hybridized carbons (Fsp3) is 0.657. The van der Waals surface area contributed by atoms with Crippen molar-refractivity contribution >= 4 is 58.6 Å². The number of hydrazine groups is 6. The van der Waals surface area contributed by atoms with E-state index in [1.165, 1.54) is 4.90 Å². The van der Waals surface area contributed by atoms with Crippen LogP contribution in [0.15, 0.2) is 33.0 Å². The second-order valence-corrected chi connectivity index (χ2v) is 16.2. The SMILES string of the molecule is CCCCCCNc1nc(C2CCN(N3C(C(N)=O)=C(N)N=C(N)C3Cl)CC2)nc(C2CCN(N3C4=C(N)NC(=NCNNNCN(CNNNC)C4=O)C3Cl)CC2)n1.O=C(O)C(F)(F)F. The van der Waals surface area contributed by atoms with Crippen molar-refractivity contribution in [1.82, 2.24) is 78.0 Å². The van der Waals surface area contributed by atoms with E-state index >= 15 is 0 Å². The Morgan fingerprint density at radius 1 is 0.909 bits per heavy atom. The topological polar surface area (TPSA) is 351 Å². The van der Waals surface area contributed by atoms with Crippen molar-refractivity contribution in [3.63, 3.8) is 0 Å². The normalized spacial score (nSPS) is 22.2. The van der Waals surface area contributed by atoms with Gasteiger partial charge in [-0.3, -0.25) is 24.6 Å². The smallest absolute Gasteiger partial charge is 0.475 e. The Labute approximate surface area is 388 Å². The van der Waals surface area contributed by atoms with Gasteiger partial charge in [0.25, 0.3) is 11.8 Å². The van der Waals surface area contributed by atoms with Crippen LogP contribution in [0.5, 0.6) is 0 Å². The number of fused-ring (bicyclic) bond motifs is 9. The summed E-state index contributed by atoms with van der Waals surface area (Å²) in [5.74, 6) is -1.37. The third kappa shape index (κ3) is 13.3. The number of carboxylic acid groups (broad SMARTS) is 1. The van der Waals surface area contributed by atoms with Gasteiger partial charge in [0, 0.05) is 44.6 Å². The van der Waals surface area contributed by atoms with Crippen molar-refractivity contribution in [2.45, 2.75) is 87.3 Å². The number of piperidine rings is 2. The molecule has 2 fully saturated rings. The quantitative estimate of drug-likeness (QED) is 0.0394. The highest BCUT2D eigenvalue weighted by Crippen LogP contribution is 2.35. The molecule has 1 aromatic heterocycles. The summed E-state index contributed by atoms with van der Waals surface area (Å²) in [6.45, 7) is 5.43. The number of carbonyl (C=O) groups excluding carboxylic acids is 2. The molecular formula is C35H59Cl2F3N22O4. The van der Waals surface area contributed by atoms with E-state index in [2.05, 4.69) is 60.3 Å². The lowest BCUT2D eigenvalue weighted by Gasteiger charge is -2.46. The number of hydrogen-bond acceptors (Lipinski definition) is 23. The molecule has 6 aliphatic heterocycles. The monoisotopic (exact) mass is 978 g/mol. The van der Waals surface area contributed by atoms with Crippen molar-refractivity contribution in [3.05, 3.63) is 34.7 Å². The van der Waals surface area contributed by atoms with Crippen molar-refractivity contribution in [2.75, 3.05) is 65.1 Å². The van der Waals surface area contributed by atoms with Gasteiger partial charge in [0.05, 0.1) is 13.3 Å². The lowest BCUT2D eigenvalue weighted by Crippen LogP contribution is -2.63. The first-order valence-electron chi connectivity index (χ1n) is 21.2. The Kier molecular flexibility index (Phi) is 18.9. The highest BCUT2D eigenvalue weighted by Gasteiger charge is 2.43. The molecule has 0 saturated carbocycles. The fourth-order valence-corrected chi connectivity index (χ4v) is 8.18. The van der Waals surface area contributed by atoms with Crippen molar-refractivity contribution in [3.8, 4) is 0 Å². The number of nitrogens with two attached hydrogens (primary N) is 4. The molecule has 2 unspecified atom stereocenters. The van der Waals surface area contributed by atoms with Gasteiger partial charge in [0.1, 0.15) is 35.8 Å². The fourth-order valence-electron chi connectivity index (χ4n) is 7.57. The Morgan fingerprint density at radius 2 is 1.52 bits per heavy atom. The molecule has 0 radical (unpaired) electrons. The van der Waals surface area contributed by atoms with Crippen LogP contribution in [0.25, 0.3) is 0 Å². The Bertz CT molecular complexity index is 1980. The van der Waals surface area contributed by atoms with Crippen LogP contribution < -0.4 is 66.3 Å². The van der Waals surface area contributed by atoms with Crippen LogP contribution in [0.3, 0.4) is 0 Å². The Balaban J connectivity index is 0.00000108. The van der Waals surface area contributed by atoms with Crippen LogP contribution in [0.1, 0.15) is 81.8 Å². The summed E-state index contributed by atoms with van der Waals surface area (Å²) in [6.07, 6.45) is 1.99. The lowest BCUT2D eigenvalue weighted by atomic mass is 9.94. The second-order valence-electron chi connectivity index (χ2n) is 15.4. The maximum absolute atomic E-state index is 14.2. The van der Waals surface area contributed by atoms with Gasteiger partial charge in [-0.25, -0.2) is 46.5 Å². The lowest BCUT2D eigenvalue weighted by molar-refractivity contribution is -0.192. The molecule has 0 spiro atoms. The molecule has 17 N–H and O–H groups in total. The number of nitrogens with zero attached hydrogens (tertiary/aromatic N) is 10. The predicted octanol–water partition coefficient (Wildman–Crippen LogP) is -1.92. The number of anilines is 1. The molecule has 0 aromatic carbocycles. The summed E-state index contributed by atoms with van der Waals surface area (Å²) in [5, 5.41) is 20.9. The predicted molar refractivity (Wildman–Crippen MR) is 236 cm³/mol. The van der Waals surface area contributed by atoms with Crippen LogP contribution in [-0.4, -0.2) is 151 Å². The minimum atomic E-state index is -5.08. The zero-order chi connectivity index (χ0) is 48.1. The summed E-state index contributed by atoms with van der Waals surface area (Å²) in [7, 11) is 1.70. The Hall–Kier alpha value is -5.11. The number of amides is 2. The van der Waals surface area contributed by atoms with Crippen LogP contribution in [0.4, 0.5) is 19.1 Å². The van der Waals surface area contributed by atoms with E-state index in [0.717, 1.165) is 32.2 Å². The number of carbonyl (C=O) groups is 3. The van der Waals surface area contributed by atoms with Crippen LogP contribution in [0, 0.1) is 0 Å². The van der Waals surface area contributed by atoms with Gasteiger partial charge in [-0.15, -0.1) is 0 Å². The summed E-state index contributed by atoms with van der Waals surface area (Å²) in [4.78, 5) is 60.6. The number of primary amides is 1. The number of amidine groups is 2. The summed E-state index contributed by atoms with van der Waals surface area (Å²) in [6, 6.07) is 0. The van der Waals surface area contributed by atoms with Crippen LogP contribution in [0.2, 0.25) is 0 Å². The van der Waals surface area contributed by atoms with E-state index in [9.17, 15) is 22.8 Å². The van der Waals surface area contributed by atoms with E-state index in [1.54, 1.807) is 17.1 Å². The molecule has 7 rings (SSSR count). The largest absolute Gasteiger partial charge is 0.490 e. The van der Waals surface area contributed by atoms with Crippen LogP contribution >= 0.6 is 23.2 Å². The van der Waals surface area contributed by atoms with E-state index < -0.39 is 29.1 Å². The number of aromatic nitrogens is 3. The first kappa shape index (κ1) is 51.9. The average molecular weight is 980 g/mol. The molecule has 7 heterocycles. The number of nitrogens with one attached hydrogen (secondary N) is 8. The van der Waals surface area contributed by atoms with Gasteiger partial charge >= 0.3 is 12.1 Å². The summed E-state index contributed by atoms with van der Waals surface area (Å²) in [5.41, 5.74) is 40.1. The van der Waals surface area contributed by atoms with Crippen molar-refractivity contribution < 1.29 is 32.7 Å². The average Bonchev–Trinajstić information content (AvgIpc) is 3.28. The number of carboxylic acids is 1. The molecular weight excluding hydrogens is 920 g/mol. The number of rotatable bonds is 15. The minimum Gasteiger partial charge on any atom is -0.475 e.